The molecule has 0 bridgehead atoms. The predicted molar refractivity (Wildman–Crippen MR) is 77.5 cm³/mol. The largest absolute Gasteiger partial charge is 0.370 e. The van der Waals surface area contributed by atoms with Gasteiger partial charge in [0.2, 0.25) is 17.4 Å². The Morgan fingerprint density at radius 1 is 1.59 bits per heavy atom. The molecule has 10 heteroatoms. The van der Waals surface area contributed by atoms with E-state index >= 15 is 0 Å². The van der Waals surface area contributed by atoms with Gasteiger partial charge in [-0.2, -0.15) is 0 Å². The fourth-order valence-corrected chi connectivity index (χ4v) is 3.44. The van der Waals surface area contributed by atoms with E-state index < -0.39 is 23.5 Å². The second kappa shape index (κ2) is 4.58. The van der Waals surface area contributed by atoms with Crippen LogP contribution < -0.4 is 27.4 Å². The molecular formula is C12H20N7O3+. The quantitative estimate of drug-likeness (QED) is 0.157. The summed E-state index contributed by atoms with van der Waals surface area (Å²) in [6, 6.07) is -1.09. The number of amides is 1. The molecule has 10 nitrogen and oxygen atoms in total. The molecule has 9 N–H and O–H groups in total. The van der Waals surface area contributed by atoms with Crippen molar-refractivity contribution in [2.24, 2.45) is 16.5 Å². The first-order chi connectivity index (χ1) is 10.3. The van der Waals surface area contributed by atoms with Crippen LogP contribution in [0, 0.1) is 0 Å². The fraction of sp³-hybridized carbons (Fsp3) is 0.583. The van der Waals surface area contributed by atoms with E-state index in [1.165, 1.54) is 0 Å². The minimum absolute atomic E-state index is 0.0907. The van der Waals surface area contributed by atoms with Crippen molar-refractivity contribution < 1.29 is 19.6 Å². The summed E-state index contributed by atoms with van der Waals surface area (Å²) in [4.78, 5) is 15.6. The number of nitrogens with zero attached hydrogens (tertiary/aromatic N) is 2. The molecule has 3 aliphatic rings. The van der Waals surface area contributed by atoms with Gasteiger partial charge < -0.3 is 26.6 Å². The molecule has 3 aliphatic heterocycles. The summed E-state index contributed by atoms with van der Waals surface area (Å²) in [5.41, 5.74) is 10.4. The summed E-state index contributed by atoms with van der Waals surface area (Å²) in [5.74, 6) is -2.03. The van der Waals surface area contributed by atoms with Gasteiger partial charge in [0.05, 0.1) is 13.1 Å². The number of carbonyl (C=O) groups is 1. The van der Waals surface area contributed by atoms with Gasteiger partial charge in [-0.05, 0) is 6.08 Å². The number of hydrogen-bond acceptors (Lipinski definition) is 8. The van der Waals surface area contributed by atoms with Crippen molar-refractivity contribution in [3.63, 3.8) is 0 Å². The molecule has 1 amide bonds. The van der Waals surface area contributed by atoms with Crippen LogP contribution in [0.15, 0.2) is 17.6 Å². The number of aliphatic hydroxyl groups is 2. The second-order valence-electron chi connectivity index (χ2n) is 5.65. The van der Waals surface area contributed by atoms with E-state index in [4.69, 9.17) is 11.5 Å². The van der Waals surface area contributed by atoms with Crippen molar-refractivity contribution in [3.8, 4) is 0 Å². The lowest BCUT2D eigenvalue weighted by molar-refractivity contribution is -0.623. The van der Waals surface area contributed by atoms with Crippen LogP contribution in [0.5, 0.6) is 0 Å². The summed E-state index contributed by atoms with van der Waals surface area (Å²) < 4.78 is 1.62. The molecule has 22 heavy (non-hydrogen) atoms. The summed E-state index contributed by atoms with van der Waals surface area (Å²) in [6.07, 6.45) is 1.24. The van der Waals surface area contributed by atoms with Gasteiger partial charge in [0.15, 0.2) is 5.96 Å². The molecule has 3 rings (SSSR count). The van der Waals surface area contributed by atoms with Crippen LogP contribution >= 0.6 is 0 Å². The van der Waals surface area contributed by atoms with Crippen molar-refractivity contribution >= 4 is 17.8 Å². The molecule has 1 fully saturated rings. The second-order valence-corrected chi connectivity index (χ2v) is 5.65. The Balaban J connectivity index is 1.98. The third-order valence-electron chi connectivity index (χ3n) is 4.43. The molecule has 120 valence electrons. The third-order valence-corrected chi connectivity index (χ3v) is 4.43. The van der Waals surface area contributed by atoms with E-state index in [2.05, 4.69) is 27.5 Å². The first-order valence-corrected chi connectivity index (χ1v) is 6.95. The maximum Gasteiger partial charge on any atom is 0.345 e. The van der Waals surface area contributed by atoms with Gasteiger partial charge in [-0.1, -0.05) is 6.58 Å². The average Bonchev–Trinajstić information content (AvgIpc) is 2.94. The lowest BCUT2D eigenvalue weighted by atomic mass is 9.86. The lowest BCUT2D eigenvalue weighted by Gasteiger charge is -2.43. The highest BCUT2D eigenvalue weighted by Gasteiger charge is 2.71. The predicted octanol–water partition coefficient (Wildman–Crippen LogP) is -4.34. The molecule has 3 atom stereocenters. The van der Waals surface area contributed by atoms with Gasteiger partial charge >= 0.3 is 5.96 Å². The van der Waals surface area contributed by atoms with Gasteiger partial charge in [0, 0.05) is 6.42 Å². The van der Waals surface area contributed by atoms with Crippen LogP contribution in [0.1, 0.15) is 6.42 Å². The van der Waals surface area contributed by atoms with E-state index in [1.807, 2.05) is 0 Å². The highest BCUT2D eigenvalue weighted by atomic mass is 16.5. The van der Waals surface area contributed by atoms with Crippen molar-refractivity contribution in [2.45, 2.75) is 30.0 Å². The van der Waals surface area contributed by atoms with Crippen molar-refractivity contribution in [3.05, 3.63) is 12.7 Å². The molecule has 0 aromatic rings. The molecule has 0 unspecified atom stereocenters. The molecule has 0 saturated carbocycles. The Labute approximate surface area is 126 Å². The number of guanidine groups is 2. The number of carbonyl (C=O) groups excluding carboxylic acids is 1. The van der Waals surface area contributed by atoms with Gasteiger partial charge in [-0.25, -0.2) is 9.57 Å². The van der Waals surface area contributed by atoms with Gasteiger partial charge in [0.25, 0.3) is 0 Å². The standard InChI is InChI=1S/C12H19N7O3/c1-2-7(20)15-5-6-8-12(18-9(13)17-8)11(21,22)3-4-19(12)10(14)16-6/h2,6,8,21-22H,1,3-5H2,(H6,13,14,15,16,17,18,20)/p+1/t6-,8-,12-/m0/s1. The normalized spacial score (nSPS) is 34.9. The first-order valence-electron chi connectivity index (χ1n) is 6.95. The summed E-state index contributed by atoms with van der Waals surface area (Å²) in [6.45, 7) is 3.90. The Bertz CT molecular complexity index is 600. The number of hydrogen-bond donors (Lipinski definition) is 7. The highest BCUT2D eigenvalue weighted by molar-refractivity contribution is 5.87. The van der Waals surface area contributed by atoms with Crippen molar-refractivity contribution in [1.29, 1.82) is 0 Å². The minimum atomic E-state index is -2.06. The van der Waals surface area contributed by atoms with Crippen LogP contribution in [-0.2, 0) is 4.79 Å². The Morgan fingerprint density at radius 3 is 3.00 bits per heavy atom. The van der Waals surface area contributed by atoms with Crippen LogP contribution in [0.4, 0.5) is 0 Å². The smallest absolute Gasteiger partial charge is 0.345 e. The van der Waals surface area contributed by atoms with Crippen molar-refractivity contribution in [1.82, 2.24) is 16.0 Å². The van der Waals surface area contributed by atoms with E-state index in [0.717, 1.165) is 6.08 Å². The summed E-state index contributed by atoms with van der Waals surface area (Å²) in [7, 11) is 0. The van der Waals surface area contributed by atoms with Gasteiger partial charge in [0.1, 0.15) is 12.1 Å². The minimum Gasteiger partial charge on any atom is -0.370 e. The molecule has 0 aliphatic carbocycles. The van der Waals surface area contributed by atoms with E-state index in [9.17, 15) is 15.0 Å². The van der Waals surface area contributed by atoms with Gasteiger partial charge in [-0.15, -0.1) is 0 Å². The molecule has 3 heterocycles. The Morgan fingerprint density at radius 2 is 2.32 bits per heavy atom. The topological polar surface area (TPSA) is 161 Å². The summed E-state index contributed by atoms with van der Waals surface area (Å²) in [5, 5.41) is 29.4. The highest BCUT2D eigenvalue weighted by Crippen LogP contribution is 2.40. The van der Waals surface area contributed by atoms with Crippen LogP contribution in [-0.4, -0.2) is 69.2 Å². The third kappa shape index (κ3) is 1.77. The zero-order valence-electron chi connectivity index (χ0n) is 11.9. The monoisotopic (exact) mass is 310 g/mol. The molecule has 1 saturated heterocycles. The van der Waals surface area contributed by atoms with Gasteiger partial charge in [-0.3, -0.25) is 15.8 Å². The number of rotatable bonds is 3. The number of nitrogens with one attached hydrogen (secondary N) is 3. The number of aliphatic imine (C=N–C) groups is 1. The lowest BCUT2D eigenvalue weighted by Crippen LogP contribution is -2.78. The van der Waals surface area contributed by atoms with Crippen molar-refractivity contribution in [2.75, 3.05) is 13.1 Å². The van der Waals surface area contributed by atoms with Crippen LogP contribution in [0.3, 0.4) is 0 Å². The maximum absolute atomic E-state index is 11.4. The summed E-state index contributed by atoms with van der Waals surface area (Å²) >= 11 is 0. The zero-order chi connectivity index (χ0) is 16.1. The SMILES string of the molecule is C=CC(=O)NC[C@@H]1NC(N)=[N+]2CCC(O)(O)[C@@]23NC(N)=N[C@@H]13. The maximum atomic E-state index is 11.4. The van der Waals surface area contributed by atoms with E-state index in [0.29, 0.717) is 6.54 Å². The van der Waals surface area contributed by atoms with E-state index in [-0.39, 0.29) is 30.8 Å². The molecule has 0 radical (unpaired) electrons. The zero-order valence-corrected chi connectivity index (χ0v) is 11.9. The number of nitrogens with two attached hydrogens (primary N) is 2. The molecule has 1 spiro atoms. The fourth-order valence-electron chi connectivity index (χ4n) is 3.44. The van der Waals surface area contributed by atoms with Crippen LogP contribution in [0.2, 0.25) is 0 Å². The molecular weight excluding hydrogens is 290 g/mol. The Kier molecular flexibility index (Phi) is 3.04. The molecule has 0 aromatic carbocycles. The average molecular weight is 310 g/mol. The first kappa shape index (κ1) is 14.6. The van der Waals surface area contributed by atoms with Crippen LogP contribution in [0.25, 0.3) is 0 Å². The Hall–Kier alpha value is -2.33. The molecule has 0 aromatic heterocycles. The van der Waals surface area contributed by atoms with E-state index in [1.54, 1.807) is 4.58 Å².